The van der Waals surface area contributed by atoms with Crippen LogP contribution in [0.4, 0.5) is 0 Å². The SMILES string of the molecule is COC1(c2noc(COC3CCNCC3)n2)CCC1. The van der Waals surface area contributed by atoms with Crippen molar-refractivity contribution < 1.29 is 14.0 Å². The highest BCUT2D eigenvalue weighted by atomic mass is 16.5. The Morgan fingerprint density at radius 1 is 1.37 bits per heavy atom. The Labute approximate surface area is 112 Å². The molecule has 0 atom stereocenters. The third kappa shape index (κ3) is 2.66. The molecule has 1 aromatic heterocycles. The molecule has 0 unspecified atom stereocenters. The summed E-state index contributed by atoms with van der Waals surface area (Å²) in [5.74, 6) is 1.22. The summed E-state index contributed by atoms with van der Waals surface area (Å²) in [6, 6.07) is 0. The van der Waals surface area contributed by atoms with Gasteiger partial charge in [0, 0.05) is 7.11 Å². The number of hydrogen-bond donors (Lipinski definition) is 1. The first-order valence-electron chi connectivity index (χ1n) is 7.03. The van der Waals surface area contributed by atoms with Crippen molar-refractivity contribution in [2.24, 2.45) is 0 Å². The second kappa shape index (κ2) is 5.56. The van der Waals surface area contributed by atoms with Crippen LogP contribution in [0.3, 0.4) is 0 Å². The maximum Gasteiger partial charge on any atom is 0.252 e. The van der Waals surface area contributed by atoms with Gasteiger partial charge in [-0.3, -0.25) is 0 Å². The van der Waals surface area contributed by atoms with E-state index < -0.39 is 0 Å². The van der Waals surface area contributed by atoms with Crippen molar-refractivity contribution in [2.75, 3.05) is 20.2 Å². The van der Waals surface area contributed by atoms with E-state index in [1.165, 1.54) is 0 Å². The van der Waals surface area contributed by atoms with Crippen LogP contribution in [0.1, 0.15) is 43.8 Å². The Morgan fingerprint density at radius 2 is 2.16 bits per heavy atom. The molecule has 6 heteroatoms. The number of methoxy groups -OCH3 is 1. The summed E-state index contributed by atoms with van der Waals surface area (Å²) in [6.45, 7) is 2.44. The van der Waals surface area contributed by atoms with E-state index in [1.54, 1.807) is 7.11 Å². The Hall–Kier alpha value is -0.980. The molecular weight excluding hydrogens is 246 g/mol. The first-order chi connectivity index (χ1) is 9.32. The van der Waals surface area contributed by atoms with Gasteiger partial charge in [-0.05, 0) is 45.2 Å². The number of ether oxygens (including phenoxy) is 2. The zero-order chi connectivity index (χ0) is 13.1. The largest absolute Gasteiger partial charge is 0.370 e. The van der Waals surface area contributed by atoms with Crippen LogP contribution in [0.5, 0.6) is 0 Å². The van der Waals surface area contributed by atoms with E-state index in [0.717, 1.165) is 45.2 Å². The lowest BCUT2D eigenvalue weighted by atomic mass is 9.79. The summed E-state index contributed by atoms with van der Waals surface area (Å²) in [7, 11) is 1.71. The molecule has 0 amide bonds. The fraction of sp³-hybridized carbons (Fsp3) is 0.846. The number of nitrogens with zero attached hydrogens (tertiary/aromatic N) is 2. The van der Waals surface area contributed by atoms with Crippen LogP contribution in [-0.4, -0.2) is 36.4 Å². The molecule has 1 aliphatic carbocycles. The Bertz CT molecular complexity index is 406. The van der Waals surface area contributed by atoms with E-state index in [0.29, 0.717) is 24.4 Å². The lowest BCUT2D eigenvalue weighted by Gasteiger charge is -2.37. The van der Waals surface area contributed by atoms with E-state index in [4.69, 9.17) is 14.0 Å². The summed E-state index contributed by atoms with van der Waals surface area (Å²) in [5.41, 5.74) is -0.309. The molecule has 3 rings (SSSR count). The molecule has 19 heavy (non-hydrogen) atoms. The Kier molecular flexibility index (Phi) is 3.81. The standard InChI is InChI=1S/C13H21N3O3/c1-17-13(5-2-6-13)12-15-11(19-16-12)9-18-10-3-7-14-8-4-10/h10,14H,2-9H2,1H3. The number of aromatic nitrogens is 2. The Morgan fingerprint density at radius 3 is 2.79 bits per heavy atom. The lowest BCUT2D eigenvalue weighted by molar-refractivity contribution is -0.0858. The van der Waals surface area contributed by atoms with Gasteiger partial charge in [0.25, 0.3) is 5.89 Å². The van der Waals surface area contributed by atoms with Crippen LogP contribution < -0.4 is 5.32 Å². The number of piperidine rings is 1. The van der Waals surface area contributed by atoms with E-state index in [9.17, 15) is 0 Å². The first kappa shape index (κ1) is 13.0. The lowest BCUT2D eigenvalue weighted by Crippen LogP contribution is -2.37. The van der Waals surface area contributed by atoms with E-state index in [2.05, 4.69) is 15.5 Å². The van der Waals surface area contributed by atoms with Gasteiger partial charge >= 0.3 is 0 Å². The normalized spacial score (nSPS) is 23.2. The molecule has 1 aromatic rings. The van der Waals surface area contributed by atoms with Gasteiger partial charge in [0.05, 0.1) is 6.10 Å². The molecule has 6 nitrogen and oxygen atoms in total. The third-order valence-electron chi connectivity index (χ3n) is 4.16. The van der Waals surface area contributed by atoms with Gasteiger partial charge in [-0.25, -0.2) is 0 Å². The van der Waals surface area contributed by atoms with Crippen molar-refractivity contribution in [3.05, 3.63) is 11.7 Å². The molecule has 106 valence electrons. The molecule has 0 radical (unpaired) electrons. The highest BCUT2D eigenvalue weighted by Gasteiger charge is 2.43. The average Bonchev–Trinajstić information content (AvgIpc) is 2.86. The molecule has 1 N–H and O–H groups in total. The van der Waals surface area contributed by atoms with Crippen molar-refractivity contribution >= 4 is 0 Å². The maximum absolute atomic E-state index is 5.80. The van der Waals surface area contributed by atoms with E-state index in [-0.39, 0.29) is 5.60 Å². The van der Waals surface area contributed by atoms with E-state index in [1.807, 2.05) is 0 Å². The minimum Gasteiger partial charge on any atom is -0.370 e. The fourth-order valence-corrected chi connectivity index (χ4v) is 2.67. The van der Waals surface area contributed by atoms with Crippen molar-refractivity contribution in [2.45, 2.75) is 50.4 Å². The topological polar surface area (TPSA) is 69.4 Å². The minimum absolute atomic E-state index is 0.302. The molecule has 2 heterocycles. The molecule has 1 saturated heterocycles. The third-order valence-corrected chi connectivity index (χ3v) is 4.16. The van der Waals surface area contributed by atoms with Crippen molar-refractivity contribution in [1.82, 2.24) is 15.5 Å². The monoisotopic (exact) mass is 267 g/mol. The molecular formula is C13H21N3O3. The summed E-state index contributed by atoms with van der Waals surface area (Å²) in [5, 5.41) is 7.35. The van der Waals surface area contributed by atoms with Gasteiger partial charge in [-0.1, -0.05) is 5.16 Å². The molecule has 2 fully saturated rings. The minimum atomic E-state index is -0.309. The van der Waals surface area contributed by atoms with Gasteiger partial charge in [0.2, 0.25) is 5.82 Å². The second-order valence-corrected chi connectivity index (χ2v) is 5.32. The van der Waals surface area contributed by atoms with Gasteiger partial charge in [-0.15, -0.1) is 0 Å². The van der Waals surface area contributed by atoms with Crippen LogP contribution in [0.25, 0.3) is 0 Å². The quantitative estimate of drug-likeness (QED) is 0.868. The van der Waals surface area contributed by atoms with Gasteiger partial charge in [0.15, 0.2) is 0 Å². The van der Waals surface area contributed by atoms with Crippen LogP contribution >= 0.6 is 0 Å². The van der Waals surface area contributed by atoms with Gasteiger partial charge in [-0.2, -0.15) is 4.98 Å². The molecule has 1 aliphatic heterocycles. The van der Waals surface area contributed by atoms with Crippen molar-refractivity contribution in [3.63, 3.8) is 0 Å². The summed E-state index contributed by atoms with van der Waals surface area (Å²) >= 11 is 0. The highest BCUT2D eigenvalue weighted by Crippen LogP contribution is 2.42. The van der Waals surface area contributed by atoms with Gasteiger partial charge < -0.3 is 19.3 Å². The molecule has 2 aliphatic rings. The molecule has 0 bridgehead atoms. The van der Waals surface area contributed by atoms with Crippen LogP contribution in [0, 0.1) is 0 Å². The zero-order valence-corrected chi connectivity index (χ0v) is 11.4. The molecule has 1 saturated carbocycles. The number of nitrogens with one attached hydrogen (secondary N) is 1. The van der Waals surface area contributed by atoms with Gasteiger partial charge in [0.1, 0.15) is 12.2 Å². The molecule has 0 aromatic carbocycles. The van der Waals surface area contributed by atoms with Crippen LogP contribution in [-0.2, 0) is 21.7 Å². The second-order valence-electron chi connectivity index (χ2n) is 5.32. The van der Waals surface area contributed by atoms with Crippen LogP contribution in [0.15, 0.2) is 4.52 Å². The predicted octanol–water partition coefficient (Wildman–Crippen LogP) is 1.36. The average molecular weight is 267 g/mol. The Balaban J connectivity index is 1.55. The van der Waals surface area contributed by atoms with Crippen molar-refractivity contribution in [1.29, 1.82) is 0 Å². The van der Waals surface area contributed by atoms with E-state index >= 15 is 0 Å². The number of rotatable bonds is 5. The van der Waals surface area contributed by atoms with Crippen LogP contribution in [0.2, 0.25) is 0 Å². The fourth-order valence-electron chi connectivity index (χ4n) is 2.67. The summed E-state index contributed by atoms with van der Waals surface area (Å²) < 4.78 is 16.6. The summed E-state index contributed by atoms with van der Waals surface area (Å²) in [6.07, 6.45) is 5.49. The van der Waals surface area contributed by atoms with Crippen molar-refractivity contribution in [3.8, 4) is 0 Å². The first-order valence-corrected chi connectivity index (χ1v) is 7.03. The predicted molar refractivity (Wildman–Crippen MR) is 67.5 cm³/mol. The molecule has 0 spiro atoms. The summed E-state index contributed by atoms with van der Waals surface area (Å²) in [4.78, 5) is 4.42. The maximum atomic E-state index is 5.80. The highest BCUT2D eigenvalue weighted by molar-refractivity contribution is 5.06. The number of hydrogen-bond acceptors (Lipinski definition) is 6. The zero-order valence-electron chi connectivity index (χ0n) is 11.4. The smallest absolute Gasteiger partial charge is 0.252 e.